The van der Waals surface area contributed by atoms with Gasteiger partial charge in [-0.15, -0.1) is 11.3 Å². The molecule has 0 radical (unpaired) electrons. The molecular formula is C12H13N3OS. The van der Waals surface area contributed by atoms with Gasteiger partial charge in [0.15, 0.2) is 0 Å². The number of thiophene rings is 1. The zero-order valence-electron chi connectivity index (χ0n) is 9.43. The SMILES string of the molecule is CNc1cccc(C(=O)NCc2cccs2)n1. The highest BCUT2D eigenvalue weighted by molar-refractivity contribution is 7.09. The fourth-order valence-electron chi connectivity index (χ4n) is 1.37. The number of nitrogens with zero attached hydrogens (tertiary/aromatic N) is 1. The highest BCUT2D eigenvalue weighted by Gasteiger charge is 2.07. The third kappa shape index (κ3) is 3.04. The Kier molecular flexibility index (Phi) is 3.72. The topological polar surface area (TPSA) is 54.0 Å². The zero-order valence-corrected chi connectivity index (χ0v) is 10.3. The van der Waals surface area contributed by atoms with Crippen molar-refractivity contribution in [3.8, 4) is 0 Å². The number of carbonyl (C=O) groups excluding carboxylic acids is 1. The van der Waals surface area contributed by atoms with E-state index in [1.165, 1.54) is 0 Å². The first-order chi connectivity index (χ1) is 8.29. The lowest BCUT2D eigenvalue weighted by molar-refractivity contribution is 0.0946. The molecule has 0 aliphatic heterocycles. The molecule has 1 amide bonds. The van der Waals surface area contributed by atoms with Crippen molar-refractivity contribution in [3.05, 3.63) is 46.3 Å². The van der Waals surface area contributed by atoms with E-state index in [-0.39, 0.29) is 5.91 Å². The van der Waals surface area contributed by atoms with E-state index < -0.39 is 0 Å². The van der Waals surface area contributed by atoms with E-state index in [0.717, 1.165) is 4.88 Å². The predicted molar refractivity (Wildman–Crippen MR) is 69.3 cm³/mol. The van der Waals surface area contributed by atoms with Crippen LogP contribution in [-0.2, 0) is 6.54 Å². The Hall–Kier alpha value is -1.88. The summed E-state index contributed by atoms with van der Waals surface area (Å²) in [7, 11) is 1.77. The number of aromatic nitrogens is 1. The molecule has 4 nitrogen and oxygen atoms in total. The Morgan fingerprint density at radius 1 is 1.35 bits per heavy atom. The van der Waals surface area contributed by atoms with Gasteiger partial charge in [0.1, 0.15) is 11.5 Å². The van der Waals surface area contributed by atoms with Crippen molar-refractivity contribution in [2.45, 2.75) is 6.54 Å². The summed E-state index contributed by atoms with van der Waals surface area (Å²) in [6.45, 7) is 0.544. The molecule has 2 aromatic heterocycles. The molecule has 0 aromatic carbocycles. The monoisotopic (exact) mass is 247 g/mol. The lowest BCUT2D eigenvalue weighted by Gasteiger charge is -2.04. The molecule has 0 fully saturated rings. The molecule has 0 spiro atoms. The van der Waals surface area contributed by atoms with Crippen molar-refractivity contribution >= 4 is 23.1 Å². The Labute approximate surface area is 104 Å². The van der Waals surface area contributed by atoms with Gasteiger partial charge < -0.3 is 10.6 Å². The van der Waals surface area contributed by atoms with Gasteiger partial charge in [0.05, 0.1) is 6.54 Å². The van der Waals surface area contributed by atoms with Crippen molar-refractivity contribution in [3.63, 3.8) is 0 Å². The van der Waals surface area contributed by atoms with Crippen LogP contribution in [-0.4, -0.2) is 17.9 Å². The van der Waals surface area contributed by atoms with Crippen LogP contribution in [0.1, 0.15) is 15.4 Å². The number of rotatable bonds is 4. The summed E-state index contributed by atoms with van der Waals surface area (Å²) >= 11 is 1.62. The molecule has 2 N–H and O–H groups in total. The van der Waals surface area contributed by atoms with E-state index in [1.807, 2.05) is 23.6 Å². The van der Waals surface area contributed by atoms with Gasteiger partial charge in [0, 0.05) is 11.9 Å². The summed E-state index contributed by atoms with van der Waals surface area (Å²) < 4.78 is 0. The molecule has 2 heterocycles. The minimum Gasteiger partial charge on any atom is -0.373 e. The van der Waals surface area contributed by atoms with E-state index in [1.54, 1.807) is 30.5 Å². The van der Waals surface area contributed by atoms with Crippen LogP contribution < -0.4 is 10.6 Å². The van der Waals surface area contributed by atoms with Gasteiger partial charge in [-0.05, 0) is 23.6 Å². The van der Waals surface area contributed by atoms with Crippen molar-refractivity contribution in [1.29, 1.82) is 0 Å². The maximum Gasteiger partial charge on any atom is 0.270 e. The molecule has 2 rings (SSSR count). The number of nitrogens with one attached hydrogen (secondary N) is 2. The average molecular weight is 247 g/mol. The molecule has 0 unspecified atom stereocenters. The van der Waals surface area contributed by atoms with Crippen LogP contribution in [0.15, 0.2) is 35.7 Å². The number of pyridine rings is 1. The minimum absolute atomic E-state index is 0.157. The predicted octanol–water partition coefficient (Wildman–Crippen LogP) is 2.11. The lowest BCUT2D eigenvalue weighted by Crippen LogP contribution is -2.23. The van der Waals surface area contributed by atoms with Gasteiger partial charge in [-0.1, -0.05) is 12.1 Å². The van der Waals surface area contributed by atoms with E-state index in [9.17, 15) is 4.79 Å². The van der Waals surface area contributed by atoms with Gasteiger partial charge in [-0.2, -0.15) is 0 Å². The molecule has 0 saturated heterocycles. The van der Waals surface area contributed by atoms with Crippen LogP contribution in [0.3, 0.4) is 0 Å². The van der Waals surface area contributed by atoms with Gasteiger partial charge in [-0.25, -0.2) is 4.98 Å². The number of anilines is 1. The molecule has 2 aromatic rings. The third-order valence-electron chi connectivity index (χ3n) is 2.24. The smallest absolute Gasteiger partial charge is 0.270 e. The van der Waals surface area contributed by atoms with Crippen LogP contribution in [0.2, 0.25) is 0 Å². The van der Waals surface area contributed by atoms with Gasteiger partial charge >= 0.3 is 0 Å². The Bertz CT molecular complexity index is 496. The first-order valence-corrected chi connectivity index (χ1v) is 6.13. The summed E-state index contributed by atoms with van der Waals surface area (Å²) in [5, 5.41) is 7.72. The quantitative estimate of drug-likeness (QED) is 0.870. The average Bonchev–Trinajstić information content (AvgIpc) is 2.89. The molecule has 0 aliphatic rings. The van der Waals surface area contributed by atoms with Crippen LogP contribution in [0.5, 0.6) is 0 Å². The highest BCUT2D eigenvalue weighted by Crippen LogP contribution is 2.08. The maximum atomic E-state index is 11.8. The van der Waals surface area contributed by atoms with Crippen LogP contribution in [0.4, 0.5) is 5.82 Å². The number of carbonyl (C=O) groups is 1. The van der Waals surface area contributed by atoms with Gasteiger partial charge in [-0.3, -0.25) is 4.79 Å². The molecule has 0 aliphatic carbocycles. The van der Waals surface area contributed by atoms with Crippen molar-refractivity contribution in [2.24, 2.45) is 0 Å². The Morgan fingerprint density at radius 2 is 2.24 bits per heavy atom. The van der Waals surface area contributed by atoms with E-state index in [2.05, 4.69) is 15.6 Å². The first kappa shape index (κ1) is 11.6. The summed E-state index contributed by atoms with van der Waals surface area (Å²) in [6, 6.07) is 9.27. The highest BCUT2D eigenvalue weighted by atomic mass is 32.1. The fourth-order valence-corrected chi connectivity index (χ4v) is 2.02. The molecule has 0 saturated carbocycles. The van der Waals surface area contributed by atoms with Gasteiger partial charge in [0.25, 0.3) is 5.91 Å². The maximum absolute atomic E-state index is 11.8. The van der Waals surface area contributed by atoms with Crippen molar-refractivity contribution in [2.75, 3.05) is 12.4 Å². The summed E-state index contributed by atoms with van der Waals surface area (Å²) in [6.07, 6.45) is 0. The summed E-state index contributed by atoms with van der Waals surface area (Å²) in [5.74, 6) is 0.532. The number of hydrogen-bond donors (Lipinski definition) is 2. The second-order valence-corrected chi connectivity index (χ2v) is 4.45. The van der Waals surface area contributed by atoms with Crippen molar-refractivity contribution in [1.82, 2.24) is 10.3 Å². The van der Waals surface area contributed by atoms with Crippen LogP contribution in [0, 0.1) is 0 Å². The second kappa shape index (κ2) is 5.45. The normalized spacial score (nSPS) is 9.94. The third-order valence-corrected chi connectivity index (χ3v) is 3.12. The largest absolute Gasteiger partial charge is 0.373 e. The van der Waals surface area contributed by atoms with Crippen LogP contribution >= 0.6 is 11.3 Å². The summed E-state index contributed by atoms with van der Waals surface area (Å²) in [5.41, 5.74) is 0.424. The van der Waals surface area contributed by atoms with E-state index >= 15 is 0 Å². The summed E-state index contributed by atoms with van der Waals surface area (Å²) in [4.78, 5) is 17.1. The second-order valence-electron chi connectivity index (χ2n) is 3.42. The van der Waals surface area contributed by atoms with Crippen LogP contribution in [0.25, 0.3) is 0 Å². The molecule has 88 valence electrons. The zero-order chi connectivity index (χ0) is 12.1. The van der Waals surface area contributed by atoms with E-state index in [4.69, 9.17) is 0 Å². The number of amides is 1. The Morgan fingerprint density at radius 3 is 2.94 bits per heavy atom. The van der Waals surface area contributed by atoms with Gasteiger partial charge in [0.2, 0.25) is 0 Å². The Balaban J connectivity index is 1.99. The van der Waals surface area contributed by atoms with Crippen molar-refractivity contribution < 1.29 is 4.79 Å². The molecule has 0 bridgehead atoms. The molecular weight excluding hydrogens is 234 g/mol. The standard InChI is InChI=1S/C12H13N3OS/c1-13-11-6-2-5-10(15-11)12(16)14-8-9-4-3-7-17-9/h2-7H,8H2,1H3,(H,13,15)(H,14,16). The minimum atomic E-state index is -0.157. The lowest BCUT2D eigenvalue weighted by atomic mass is 10.3. The molecule has 5 heteroatoms. The number of hydrogen-bond acceptors (Lipinski definition) is 4. The molecule has 0 atom stereocenters. The van der Waals surface area contributed by atoms with E-state index in [0.29, 0.717) is 18.1 Å². The molecule has 17 heavy (non-hydrogen) atoms. The fraction of sp³-hybridized carbons (Fsp3) is 0.167. The first-order valence-electron chi connectivity index (χ1n) is 5.25.